The van der Waals surface area contributed by atoms with Crippen molar-refractivity contribution in [3.8, 4) is 17.0 Å². The number of aryl methyl sites for hydroxylation is 1. The monoisotopic (exact) mass is 443 g/mol. The van der Waals surface area contributed by atoms with E-state index in [4.69, 9.17) is 8.85 Å². The number of carbonyl (C=O) groups excluding carboxylic acids is 2. The Bertz CT molecular complexity index is 1230. The highest BCUT2D eigenvalue weighted by Crippen LogP contribution is 2.35. The van der Waals surface area contributed by atoms with E-state index in [1.165, 1.54) is 29.1 Å². The second-order valence-corrected chi connectivity index (χ2v) is 6.72. The van der Waals surface area contributed by atoms with Gasteiger partial charge >= 0.3 is 6.03 Å². The maximum Gasteiger partial charge on any atom is 0.322 e. The fourth-order valence-electron chi connectivity index (χ4n) is 2.68. The van der Waals surface area contributed by atoms with Crippen LogP contribution < -0.4 is 20.7 Å². The lowest BCUT2D eigenvalue weighted by molar-refractivity contribution is -0.120. The van der Waals surface area contributed by atoms with Crippen LogP contribution >= 0.6 is 0 Å². The summed E-state index contributed by atoms with van der Waals surface area (Å²) in [6.07, 6.45) is 2.69. The minimum absolute atomic E-state index is 0.0928. The van der Waals surface area contributed by atoms with Crippen LogP contribution in [0.25, 0.3) is 11.3 Å². The lowest BCUT2D eigenvalue weighted by atomic mass is 10.1. The van der Waals surface area contributed by atoms with Gasteiger partial charge in [0.25, 0.3) is 0 Å². The molecule has 0 atom stereocenters. The number of nitrogens with one attached hydrogen (secondary N) is 3. The zero-order valence-electron chi connectivity index (χ0n) is 20.9. The average molecular weight is 443 g/mol. The molecule has 3 amide bonds. The van der Waals surface area contributed by atoms with Crippen molar-refractivity contribution in [2.24, 2.45) is 7.05 Å². The number of hydrogen-bond acceptors (Lipinski definition) is 9. The van der Waals surface area contributed by atoms with Gasteiger partial charge in [0.2, 0.25) is 5.91 Å². The average Bonchev–Trinajstić information content (AvgIpc) is 3.20. The van der Waals surface area contributed by atoms with Crippen molar-refractivity contribution in [2.45, 2.75) is 6.42 Å². The molecule has 3 rings (SSSR count). The Kier molecular flexibility index (Phi) is 5.59. The molecule has 0 spiro atoms. The van der Waals surface area contributed by atoms with Crippen molar-refractivity contribution in [2.75, 3.05) is 38.8 Å². The summed E-state index contributed by atoms with van der Waals surface area (Å²) in [4.78, 5) is 31.3. The fraction of sp³-hybridized carbons (Fsp3) is 0.316. The van der Waals surface area contributed by atoms with Crippen molar-refractivity contribution < 1.29 is 18.4 Å². The largest absolute Gasteiger partial charge is 0.492 e. The number of methoxy groups -OCH3 is 1. The van der Waals surface area contributed by atoms with Crippen LogP contribution in [0.3, 0.4) is 0 Å². The van der Waals surface area contributed by atoms with Crippen LogP contribution in [0.15, 0.2) is 24.5 Å². The highest BCUT2D eigenvalue weighted by molar-refractivity contribution is 5.89. The first kappa shape index (κ1) is 18.5. The number of pyridine rings is 1. The highest BCUT2D eigenvalue weighted by Gasteiger charge is 2.18. The predicted octanol–water partition coefficient (Wildman–Crippen LogP) is 0.801. The van der Waals surface area contributed by atoms with Crippen molar-refractivity contribution in [3.05, 3.63) is 30.2 Å². The number of rotatable bonds is 7. The molecular weight excluding hydrogens is 416 g/mol. The molecule has 3 heterocycles. The standard InChI is InChI=1S/C19H24N10O3/c1-20-16(30)9-13-12(8-15(26-25-13)24-19(31)28(2)3)23-18-17(32-5)11(6-7-21-18)14-10-22-29(4)27-14/h6-8,10H,9H2,1-5H3,(H,20,30)(H2,21,23,24,26,31)/i1D3. The topological polar surface area (TPSA) is 152 Å². The summed E-state index contributed by atoms with van der Waals surface area (Å²) in [7, 11) is 6.25. The number of nitrogens with zero attached hydrogens (tertiary/aromatic N) is 7. The number of carbonyl (C=O) groups is 2. The molecule has 0 saturated heterocycles. The maximum atomic E-state index is 12.2. The third-order valence-electron chi connectivity index (χ3n) is 4.22. The smallest absolute Gasteiger partial charge is 0.322 e. The zero-order chi connectivity index (χ0) is 25.8. The Morgan fingerprint density at radius 2 is 2.12 bits per heavy atom. The second kappa shape index (κ2) is 9.68. The molecule has 3 aromatic rings. The van der Waals surface area contributed by atoms with E-state index >= 15 is 0 Å². The van der Waals surface area contributed by atoms with Gasteiger partial charge in [0, 0.05) is 44.5 Å². The molecule has 3 aromatic heterocycles. The summed E-state index contributed by atoms with van der Waals surface area (Å²) in [5.74, 6) is -0.108. The van der Waals surface area contributed by atoms with E-state index in [0.29, 0.717) is 17.0 Å². The molecule has 0 aliphatic rings. The van der Waals surface area contributed by atoms with Crippen molar-refractivity contribution >= 4 is 29.3 Å². The van der Waals surface area contributed by atoms with Crippen molar-refractivity contribution in [1.82, 2.24) is 40.4 Å². The quantitative estimate of drug-likeness (QED) is 0.481. The number of hydrogen-bond donors (Lipinski definition) is 3. The van der Waals surface area contributed by atoms with E-state index in [2.05, 4.69) is 36.0 Å². The summed E-state index contributed by atoms with van der Waals surface area (Å²) in [6, 6.07) is 2.70. The number of anilines is 3. The number of urea groups is 1. The van der Waals surface area contributed by atoms with E-state index in [9.17, 15) is 9.59 Å². The normalized spacial score (nSPS) is 12.2. The van der Waals surface area contributed by atoms with Crippen molar-refractivity contribution in [3.63, 3.8) is 0 Å². The minimum Gasteiger partial charge on any atom is -0.492 e. The maximum absolute atomic E-state index is 12.2. The highest BCUT2D eigenvalue weighted by atomic mass is 16.5. The van der Waals surface area contributed by atoms with Crippen LogP contribution in [-0.2, 0) is 18.3 Å². The van der Waals surface area contributed by atoms with Gasteiger partial charge in [0.15, 0.2) is 17.4 Å². The van der Waals surface area contributed by atoms with Crippen molar-refractivity contribution in [1.29, 1.82) is 0 Å². The van der Waals surface area contributed by atoms with Crippen LogP contribution in [0.1, 0.15) is 9.81 Å². The summed E-state index contributed by atoms with van der Waals surface area (Å²) in [5, 5.41) is 23.8. The third kappa shape index (κ3) is 5.06. The summed E-state index contributed by atoms with van der Waals surface area (Å²) >= 11 is 0. The minimum atomic E-state index is -2.66. The Morgan fingerprint density at radius 1 is 1.31 bits per heavy atom. The molecule has 0 bridgehead atoms. The molecule has 32 heavy (non-hydrogen) atoms. The third-order valence-corrected chi connectivity index (χ3v) is 4.22. The zero-order valence-corrected chi connectivity index (χ0v) is 17.9. The lowest BCUT2D eigenvalue weighted by Crippen LogP contribution is -2.28. The lowest BCUT2D eigenvalue weighted by Gasteiger charge is -2.16. The number of ether oxygens (including phenoxy) is 1. The molecule has 0 radical (unpaired) electrons. The van der Waals surface area contributed by atoms with Gasteiger partial charge < -0.3 is 20.3 Å². The molecule has 168 valence electrons. The van der Waals surface area contributed by atoms with Gasteiger partial charge in [-0.3, -0.25) is 10.1 Å². The molecule has 13 nitrogen and oxygen atoms in total. The van der Waals surface area contributed by atoms with Crippen LogP contribution in [0.2, 0.25) is 0 Å². The van der Waals surface area contributed by atoms with Gasteiger partial charge in [0.05, 0.1) is 36.7 Å². The summed E-state index contributed by atoms with van der Waals surface area (Å²) in [6.45, 7) is -2.66. The molecule has 0 unspecified atom stereocenters. The van der Waals surface area contributed by atoms with E-state index in [-0.39, 0.29) is 23.0 Å². The Hall–Kier alpha value is -4.29. The first-order valence-electron chi connectivity index (χ1n) is 10.8. The van der Waals surface area contributed by atoms with E-state index in [1.54, 1.807) is 33.4 Å². The Balaban J connectivity index is 2.00. The van der Waals surface area contributed by atoms with E-state index < -0.39 is 25.3 Å². The summed E-state index contributed by atoms with van der Waals surface area (Å²) < 4.78 is 27.2. The van der Waals surface area contributed by atoms with Crippen LogP contribution in [0, 0.1) is 0 Å². The van der Waals surface area contributed by atoms with Gasteiger partial charge in [0.1, 0.15) is 5.69 Å². The molecule has 13 heteroatoms. The SMILES string of the molecule is [2H]C([2H])([2H])NC(=O)Cc1nnc(NC(=O)N(C)C)cc1Nc1nccc(-c2cnn(C)n2)c1OC. The van der Waals surface area contributed by atoms with Crippen LogP contribution in [0.5, 0.6) is 5.75 Å². The fourth-order valence-corrected chi connectivity index (χ4v) is 2.68. The molecule has 0 saturated carbocycles. The van der Waals surface area contributed by atoms with Gasteiger partial charge in [-0.1, -0.05) is 0 Å². The Labute approximate surface area is 188 Å². The van der Waals surface area contributed by atoms with E-state index in [0.717, 1.165) is 0 Å². The summed E-state index contributed by atoms with van der Waals surface area (Å²) in [5.41, 5.74) is 1.50. The predicted molar refractivity (Wildman–Crippen MR) is 117 cm³/mol. The molecule has 0 aromatic carbocycles. The van der Waals surface area contributed by atoms with E-state index in [1.807, 2.05) is 5.32 Å². The molecule has 3 N–H and O–H groups in total. The first-order chi connectivity index (χ1) is 16.5. The van der Waals surface area contributed by atoms with Crippen LogP contribution in [0.4, 0.5) is 22.1 Å². The number of aromatic nitrogens is 6. The molecule has 0 fully saturated rings. The van der Waals surface area contributed by atoms with Crippen LogP contribution in [-0.4, -0.2) is 75.2 Å². The second-order valence-electron chi connectivity index (χ2n) is 6.72. The Morgan fingerprint density at radius 3 is 2.78 bits per heavy atom. The molecule has 0 aliphatic carbocycles. The van der Waals surface area contributed by atoms with Gasteiger partial charge in [-0.2, -0.15) is 20.1 Å². The first-order valence-corrected chi connectivity index (χ1v) is 9.29. The molecule has 0 aliphatic heterocycles. The number of likely N-dealkylation sites (N-methyl/N-ethyl adjacent to an activating group) is 1. The number of amides is 3. The van der Waals surface area contributed by atoms with Gasteiger partial charge in [-0.25, -0.2) is 9.78 Å². The van der Waals surface area contributed by atoms with Gasteiger partial charge in [-0.05, 0) is 6.07 Å². The molecular formula is C19H24N10O3. The van der Waals surface area contributed by atoms with Gasteiger partial charge in [-0.15, -0.1) is 5.10 Å².